The molecule has 0 atom stereocenters. The summed E-state index contributed by atoms with van der Waals surface area (Å²) in [6.45, 7) is 0. The third kappa shape index (κ3) is 0.932. The highest BCUT2D eigenvalue weighted by atomic mass is 32.1. The fourth-order valence-corrected chi connectivity index (χ4v) is 1.81. The van der Waals surface area contributed by atoms with Crippen LogP contribution in [0.1, 0.15) is 28.6 Å². The highest BCUT2D eigenvalue weighted by molar-refractivity contribution is 7.12. The molecule has 1 heterocycles. The Balaban J connectivity index is 2.29. The number of rotatable bonds is 1. The number of aromatic nitrogens is 1. The Morgan fingerprint density at radius 2 is 2.50 bits per heavy atom. The van der Waals surface area contributed by atoms with Crippen molar-refractivity contribution in [1.82, 2.24) is 4.98 Å². The molecule has 0 amide bonds. The Labute approximate surface area is 64.1 Å². The smallest absolute Gasteiger partial charge is 0.166 e. The van der Waals surface area contributed by atoms with E-state index in [1.54, 1.807) is 11.3 Å². The van der Waals surface area contributed by atoms with Crippen molar-refractivity contribution in [2.45, 2.75) is 18.8 Å². The molecule has 1 aliphatic carbocycles. The first kappa shape index (κ1) is 5.94. The largest absolute Gasteiger partial charge is 0.236 e. The monoisotopic (exact) mass is 149 g/mol. The number of thiazole rings is 1. The van der Waals surface area contributed by atoms with E-state index in [4.69, 9.17) is 6.42 Å². The van der Waals surface area contributed by atoms with Crippen LogP contribution in [-0.2, 0) is 0 Å². The van der Waals surface area contributed by atoms with Crippen LogP contribution in [0.15, 0.2) is 6.20 Å². The standard InChI is InChI=1S/C8H7NS/c1-2-8-9-5-7(10-8)6-3-4-6/h1,5-6H,3-4H2. The number of nitrogens with zero attached hydrogens (tertiary/aromatic N) is 1. The minimum Gasteiger partial charge on any atom is -0.236 e. The van der Waals surface area contributed by atoms with Crippen molar-refractivity contribution in [2.75, 3.05) is 0 Å². The molecule has 0 radical (unpaired) electrons. The van der Waals surface area contributed by atoms with Gasteiger partial charge in [0, 0.05) is 11.1 Å². The predicted molar refractivity (Wildman–Crippen MR) is 42.0 cm³/mol. The lowest BCUT2D eigenvalue weighted by Crippen LogP contribution is -1.64. The molecule has 10 heavy (non-hydrogen) atoms. The fourth-order valence-electron chi connectivity index (χ4n) is 0.910. The molecule has 2 heteroatoms. The van der Waals surface area contributed by atoms with Crippen LogP contribution < -0.4 is 0 Å². The van der Waals surface area contributed by atoms with Gasteiger partial charge in [0.25, 0.3) is 0 Å². The summed E-state index contributed by atoms with van der Waals surface area (Å²) in [6, 6.07) is 0. The third-order valence-electron chi connectivity index (χ3n) is 1.63. The van der Waals surface area contributed by atoms with E-state index in [0.29, 0.717) is 0 Å². The molecule has 0 unspecified atom stereocenters. The molecule has 1 aliphatic rings. The molecule has 2 rings (SSSR count). The molecular formula is C8H7NS. The average Bonchev–Trinajstić information content (AvgIpc) is 2.70. The summed E-state index contributed by atoms with van der Waals surface area (Å²) in [4.78, 5) is 5.45. The Morgan fingerprint density at radius 1 is 1.70 bits per heavy atom. The van der Waals surface area contributed by atoms with Crippen LogP contribution in [0, 0.1) is 12.3 Å². The van der Waals surface area contributed by atoms with E-state index in [0.717, 1.165) is 10.9 Å². The first-order chi connectivity index (χ1) is 4.90. The first-order valence-corrected chi connectivity index (χ1v) is 4.14. The fraction of sp³-hybridized carbons (Fsp3) is 0.375. The summed E-state index contributed by atoms with van der Waals surface area (Å²) in [6.07, 6.45) is 9.75. The Kier molecular flexibility index (Phi) is 1.25. The molecule has 0 N–H and O–H groups in total. The Hall–Kier alpha value is -0.810. The van der Waals surface area contributed by atoms with Gasteiger partial charge in [-0.15, -0.1) is 17.8 Å². The van der Waals surface area contributed by atoms with Gasteiger partial charge in [0.1, 0.15) is 0 Å². The van der Waals surface area contributed by atoms with Crippen LogP contribution in [-0.4, -0.2) is 4.98 Å². The molecule has 1 fully saturated rings. The SMILES string of the molecule is C#Cc1ncc(C2CC2)s1. The zero-order valence-corrected chi connectivity index (χ0v) is 6.32. The minimum absolute atomic E-state index is 0.791. The normalized spacial score (nSPS) is 16.7. The van der Waals surface area contributed by atoms with Crippen LogP contribution in [0.3, 0.4) is 0 Å². The van der Waals surface area contributed by atoms with E-state index in [2.05, 4.69) is 10.9 Å². The van der Waals surface area contributed by atoms with Gasteiger partial charge in [0.05, 0.1) is 0 Å². The van der Waals surface area contributed by atoms with Crippen molar-refractivity contribution in [2.24, 2.45) is 0 Å². The van der Waals surface area contributed by atoms with Gasteiger partial charge in [-0.05, 0) is 24.7 Å². The molecule has 1 aromatic heterocycles. The van der Waals surface area contributed by atoms with Crippen molar-refractivity contribution < 1.29 is 0 Å². The second-order valence-corrected chi connectivity index (χ2v) is 3.55. The van der Waals surface area contributed by atoms with Gasteiger partial charge in [0.2, 0.25) is 0 Å². The summed E-state index contributed by atoms with van der Waals surface area (Å²) >= 11 is 1.66. The van der Waals surface area contributed by atoms with Crippen molar-refractivity contribution in [3.05, 3.63) is 16.1 Å². The quantitative estimate of drug-likeness (QED) is 0.556. The average molecular weight is 149 g/mol. The second kappa shape index (κ2) is 2.10. The summed E-state index contributed by atoms with van der Waals surface area (Å²) in [5.41, 5.74) is 0. The number of hydrogen-bond donors (Lipinski definition) is 0. The zero-order chi connectivity index (χ0) is 6.97. The Morgan fingerprint density at radius 3 is 3.00 bits per heavy atom. The van der Waals surface area contributed by atoms with Gasteiger partial charge >= 0.3 is 0 Å². The summed E-state index contributed by atoms with van der Waals surface area (Å²) < 4.78 is 0. The zero-order valence-electron chi connectivity index (χ0n) is 5.50. The van der Waals surface area contributed by atoms with E-state index in [-0.39, 0.29) is 0 Å². The topological polar surface area (TPSA) is 12.9 Å². The molecule has 1 aromatic rings. The van der Waals surface area contributed by atoms with Gasteiger partial charge in [-0.25, -0.2) is 4.98 Å². The summed E-state index contributed by atoms with van der Waals surface area (Å²) in [7, 11) is 0. The maximum Gasteiger partial charge on any atom is 0.166 e. The van der Waals surface area contributed by atoms with Crippen LogP contribution >= 0.6 is 11.3 Å². The molecule has 1 nitrogen and oxygen atoms in total. The van der Waals surface area contributed by atoms with Crippen LogP contribution in [0.25, 0.3) is 0 Å². The van der Waals surface area contributed by atoms with Gasteiger partial charge in [-0.3, -0.25) is 0 Å². The third-order valence-corrected chi connectivity index (χ3v) is 2.72. The summed E-state index contributed by atoms with van der Waals surface area (Å²) in [5.74, 6) is 3.33. The lowest BCUT2D eigenvalue weighted by molar-refractivity contribution is 1.16. The van der Waals surface area contributed by atoms with Gasteiger partial charge in [0.15, 0.2) is 5.01 Å². The van der Waals surface area contributed by atoms with E-state index in [1.807, 2.05) is 6.20 Å². The molecule has 0 aromatic carbocycles. The molecule has 50 valence electrons. The van der Waals surface area contributed by atoms with E-state index < -0.39 is 0 Å². The molecule has 0 spiro atoms. The number of terminal acetylenes is 1. The van der Waals surface area contributed by atoms with E-state index in [9.17, 15) is 0 Å². The highest BCUT2D eigenvalue weighted by Crippen LogP contribution is 2.42. The first-order valence-electron chi connectivity index (χ1n) is 3.32. The van der Waals surface area contributed by atoms with Gasteiger partial charge < -0.3 is 0 Å². The van der Waals surface area contributed by atoms with Crippen LogP contribution in [0.2, 0.25) is 0 Å². The van der Waals surface area contributed by atoms with Crippen LogP contribution in [0.5, 0.6) is 0 Å². The summed E-state index contributed by atoms with van der Waals surface area (Å²) in [5, 5.41) is 0.821. The van der Waals surface area contributed by atoms with Crippen molar-refractivity contribution >= 4 is 11.3 Å². The van der Waals surface area contributed by atoms with Crippen molar-refractivity contribution in [3.8, 4) is 12.3 Å². The number of hydrogen-bond acceptors (Lipinski definition) is 2. The maximum absolute atomic E-state index is 5.18. The molecule has 1 saturated carbocycles. The van der Waals surface area contributed by atoms with Gasteiger partial charge in [-0.2, -0.15) is 0 Å². The molecule has 0 aliphatic heterocycles. The van der Waals surface area contributed by atoms with Crippen molar-refractivity contribution in [3.63, 3.8) is 0 Å². The van der Waals surface area contributed by atoms with Crippen molar-refractivity contribution in [1.29, 1.82) is 0 Å². The lowest BCUT2D eigenvalue weighted by atomic mass is 10.4. The molecule has 0 saturated heterocycles. The lowest BCUT2D eigenvalue weighted by Gasteiger charge is -1.81. The van der Waals surface area contributed by atoms with E-state index >= 15 is 0 Å². The van der Waals surface area contributed by atoms with Crippen LogP contribution in [0.4, 0.5) is 0 Å². The highest BCUT2D eigenvalue weighted by Gasteiger charge is 2.25. The molecular weight excluding hydrogens is 142 g/mol. The Bertz CT molecular complexity index is 278. The second-order valence-electron chi connectivity index (χ2n) is 2.49. The minimum atomic E-state index is 0.791. The van der Waals surface area contributed by atoms with E-state index in [1.165, 1.54) is 17.7 Å². The van der Waals surface area contributed by atoms with Gasteiger partial charge in [-0.1, -0.05) is 0 Å². The predicted octanol–water partition coefficient (Wildman–Crippen LogP) is 2.00. The maximum atomic E-state index is 5.18. The molecule has 0 bridgehead atoms.